The number of imide groups is 1. The summed E-state index contributed by atoms with van der Waals surface area (Å²) in [5.41, 5.74) is 0. The van der Waals surface area contributed by atoms with E-state index in [0.717, 1.165) is 0 Å². The summed E-state index contributed by atoms with van der Waals surface area (Å²) in [7, 11) is 0. The lowest BCUT2D eigenvalue weighted by atomic mass is 10.2. The number of Topliss-reactive ketones (excluding diaryl/α,β-unsaturated/α-hetero) is 2. The molecule has 0 fully saturated rings. The molecular formula is C8H11NO4. The van der Waals surface area contributed by atoms with Crippen LogP contribution in [0.4, 0.5) is 0 Å². The van der Waals surface area contributed by atoms with Crippen LogP contribution >= 0.6 is 0 Å². The summed E-state index contributed by atoms with van der Waals surface area (Å²) in [5, 5.41) is 1.70. The van der Waals surface area contributed by atoms with Crippen molar-refractivity contribution >= 4 is 23.4 Å². The van der Waals surface area contributed by atoms with E-state index in [-0.39, 0.29) is 12.8 Å². The topological polar surface area (TPSA) is 80.3 Å². The number of ketones is 2. The maximum atomic E-state index is 10.8. The van der Waals surface area contributed by atoms with Gasteiger partial charge in [-0.05, 0) is 0 Å². The van der Waals surface area contributed by atoms with Gasteiger partial charge in [0.2, 0.25) is 11.6 Å². The average molecular weight is 185 g/mol. The molecule has 2 amide bonds. The van der Waals surface area contributed by atoms with Gasteiger partial charge in [0, 0.05) is 12.8 Å². The SMILES string of the molecule is CCC(=O)C(=O)NC(=O)C(=O)CC. The van der Waals surface area contributed by atoms with E-state index in [1.807, 2.05) is 0 Å². The third-order valence-corrected chi connectivity index (χ3v) is 1.38. The fourth-order valence-corrected chi connectivity index (χ4v) is 0.564. The minimum Gasteiger partial charge on any atom is -0.289 e. The van der Waals surface area contributed by atoms with Gasteiger partial charge in [-0.1, -0.05) is 13.8 Å². The van der Waals surface area contributed by atoms with Gasteiger partial charge >= 0.3 is 0 Å². The minimum atomic E-state index is -1.02. The van der Waals surface area contributed by atoms with Crippen molar-refractivity contribution in [1.29, 1.82) is 0 Å². The Kier molecular flexibility index (Phi) is 4.58. The van der Waals surface area contributed by atoms with Crippen molar-refractivity contribution in [3.05, 3.63) is 0 Å². The Morgan fingerprint density at radius 2 is 1.15 bits per heavy atom. The Bertz CT molecular complexity index is 231. The molecule has 0 unspecified atom stereocenters. The van der Waals surface area contributed by atoms with E-state index in [1.165, 1.54) is 13.8 Å². The number of hydrogen-bond donors (Lipinski definition) is 1. The fourth-order valence-electron chi connectivity index (χ4n) is 0.564. The van der Waals surface area contributed by atoms with Gasteiger partial charge in [0.05, 0.1) is 0 Å². The summed E-state index contributed by atoms with van der Waals surface area (Å²) in [6.45, 7) is 2.99. The smallest absolute Gasteiger partial charge is 0.289 e. The molecule has 0 heterocycles. The average Bonchev–Trinajstić information content (AvgIpc) is 2.14. The number of nitrogens with one attached hydrogen (secondary N) is 1. The monoisotopic (exact) mass is 185 g/mol. The Labute approximate surface area is 75.5 Å². The highest BCUT2D eigenvalue weighted by atomic mass is 16.2. The molecule has 13 heavy (non-hydrogen) atoms. The van der Waals surface area contributed by atoms with Gasteiger partial charge in [0.15, 0.2) is 0 Å². The first-order chi connectivity index (χ1) is 6.02. The van der Waals surface area contributed by atoms with Gasteiger partial charge in [-0.25, -0.2) is 0 Å². The van der Waals surface area contributed by atoms with Crippen LogP contribution in [0.2, 0.25) is 0 Å². The van der Waals surface area contributed by atoms with Crippen LogP contribution in [-0.4, -0.2) is 23.4 Å². The van der Waals surface area contributed by atoms with E-state index in [1.54, 1.807) is 5.32 Å². The maximum absolute atomic E-state index is 10.8. The van der Waals surface area contributed by atoms with Crippen molar-refractivity contribution in [3.8, 4) is 0 Å². The van der Waals surface area contributed by atoms with E-state index in [0.29, 0.717) is 0 Å². The van der Waals surface area contributed by atoms with Crippen molar-refractivity contribution in [3.63, 3.8) is 0 Å². The second kappa shape index (κ2) is 5.18. The fraction of sp³-hybridized carbons (Fsp3) is 0.500. The standard InChI is InChI=1S/C8H11NO4/c1-3-5(10)7(12)9-8(13)6(11)4-2/h3-4H2,1-2H3,(H,9,12,13). The number of hydrogen-bond acceptors (Lipinski definition) is 4. The Morgan fingerprint density at radius 3 is 1.38 bits per heavy atom. The number of rotatable bonds is 4. The van der Waals surface area contributed by atoms with Crippen LogP contribution in [0.5, 0.6) is 0 Å². The second-order valence-corrected chi connectivity index (χ2v) is 2.34. The highest BCUT2D eigenvalue weighted by molar-refractivity contribution is 6.46. The van der Waals surface area contributed by atoms with Crippen molar-refractivity contribution in [2.24, 2.45) is 0 Å². The maximum Gasteiger partial charge on any atom is 0.294 e. The van der Waals surface area contributed by atoms with E-state index in [4.69, 9.17) is 0 Å². The molecule has 0 aromatic rings. The molecule has 0 atom stereocenters. The Morgan fingerprint density at radius 1 is 0.846 bits per heavy atom. The first kappa shape index (κ1) is 11.5. The molecule has 0 saturated carbocycles. The number of carbonyl (C=O) groups excluding carboxylic acids is 4. The zero-order chi connectivity index (χ0) is 10.4. The zero-order valence-electron chi connectivity index (χ0n) is 7.55. The Hall–Kier alpha value is -1.52. The van der Waals surface area contributed by atoms with Crippen molar-refractivity contribution in [2.75, 3.05) is 0 Å². The lowest BCUT2D eigenvalue weighted by Gasteiger charge is -1.98. The second-order valence-electron chi connectivity index (χ2n) is 2.34. The molecule has 0 bridgehead atoms. The molecule has 0 aromatic carbocycles. The summed E-state index contributed by atoms with van der Waals surface area (Å²) in [6, 6.07) is 0. The van der Waals surface area contributed by atoms with Crippen molar-refractivity contribution < 1.29 is 19.2 Å². The molecule has 0 aliphatic rings. The first-order valence-electron chi connectivity index (χ1n) is 3.94. The largest absolute Gasteiger partial charge is 0.294 e. The quantitative estimate of drug-likeness (QED) is 0.603. The Balaban J connectivity index is 4.15. The molecule has 1 N–H and O–H groups in total. The predicted octanol–water partition coefficient (Wildman–Crippen LogP) is -0.413. The normalized spacial score (nSPS) is 9.08. The molecule has 5 heteroatoms. The molecule has 0 aliphatic heterocycles. The summed E-state index contributed by atoms with van der Waals surface area (Å²) in [5.74, 6) is -3.46. The molecule has 0 saturated heterocycles. The van der Waals surface area contributed by atoms with Gasteiger partial charge in [-0.2, -0.15) is 0 Å². The van der Waals surface area contributed by atoms with E-state index >= 15 is 0 Å². The lowest BCUT2D eigenvalue weighted by Crippen LogP contribution is -2.39. The van der Waals surface area contributed by atoms with Crippen LogP contribution in [0.1, 0.15) is 26.7 Å². The molecule has 0 radical (unpaired) electrons. The molecular weight excluding hydrogens is 174 g/mol. The molecule has 72 valence electrons. The molecule has 5 nitrogen and oxygen atoms in total. The lowest BCUT2D eigenvalue weighted by molar-refractivity contribution is -0.144. The molecule has 0 rings (SSSR count). The molecule has 0 spiro atoms. The van der Waals surface area contributed by atoms with Gasteiger partial charge in [-0.3, -0.25) is 24.5 Å². The summed E-state index contributed by atoms with van der Waals surface area (Å²) >= 11 is 0. The van der Waals surface area contributed by atoms with Crippen LogP contribution in [0, 0.1) is 0 Å². The van der Waals surface area contributed by atoms with Gasteiger partial charge in [0.1, 0.15) is 0 Å². The summed E-state index contributed by atoms with van der Waals surface area (Å²) in [6.07, 6.45) is 0.0266. The molecule has 0 aromatic heterocycles. The van der Waals surface area contributed by atoms with Gasteiger partial charge in [0.25, 0.3) is 11.8 Å². The van der Waals surface area contributed by atoms with E-state index in [2.05, 4.69) is 0 Å². The highest BCUT2D eigenvalue weighted by Crippen LogP contribution is 1.84. The number of amides is 2. The van der Waals surface area contributed by atoms with Gasteiger partial charge in [-0.15, -0.1) is 0 Å². The van der Waals surface area contributed by atoms with Crippen LogP contribution in [0.15, 0.2) is 0 Å². The number of carbonyl (C=O) groups is 4. The molecule has 0 aliphatic carbocycles. The van der Waals surface area contributed by atoms with Crippen molar-refractivity contribution in [1.82, 2.24) is 5.32 Å². The third-order valence-electron chi connectivity index (χ3n) is 1.38. The minimum absolute atomic E-state index is 0.0133. The summed E-state index contributed by atoms with van der Waals surface area (Å²) < 4.78 is 0. The summed E-state index contributed by atoms with van der Waals surface area (Å²) in [4.78, 5) is 42.9. The van der Waals surface area contributed by atoms with Crippen LogP contribution in [-0.2, 0) is 19.2 Å². The first-order valence-corrected chi connectivity index (χ1v) is 3.94. The predicted molar refractivity (Wildman–Crippen MR) is 43.7 cm³/mol. The zero-order valence-corrected chi connectivity index (χ0v) is 7.55. The van der Waals surface area contributed by atoms with Crippen molar-refractivity contribution in [2.45, 2.75) is 26.7 Å². The van der Waals surface area contributed by atoms with Crippen LogP contribution < -0.4 is 5.32 Å². The highest BCUT2D eigenvalue weighted by Gasteiger charge is 2.18. The third kappa shape index (κ3) is 3.59. The van der Waals surface area contributed by atoms with Crippen LogP contribution in [0.25, 0.3) is 0 Å². The van der Waals surface area contributed by atoms with Crippen LogP contribution in [0.3, 0.4) is 0 Å². The van der Waals surface area contributed by atoms with E-state index < -0.39 is 23.4 Å². The van der Waals surface area contributed by atoms with Gasteiger partial charge < -0.3 is 0 Å². The van der Waals surface area contributed by atoms with E-state index in [9.17, 15) is 19.2 Å².